The molecule has 1 atom stereocenters. The summed E-state index contributed by atoms with van der Waals surface area (Å²) in [6.07, 6.45) is 3.50. The first-order valence-corrected chi connectivity index (χ1v) is 5.25. The van der Waals surface area contributed by atoms with Crippen LogP contribution in [-0.4, -0.2) is 23.8 Å². The summed E-state index contributed by atoms with van der Waals surface area (Å²) in [4.78, 5) is 10.5. The zero-order chi connectivity index (χ0) is 11.3. The average molecular weight is 222 g/mol. The van der Waals surface area contributed by atoms with E-state index in [2.05, 4.69) is 4.74 Å². The highest BCUT2D eigenvalue weighted by molar-refractivity contribution is 5.67. The largest absolute Gasteiger partial charge is 0.481 e. The second kappa shape index (κ2) is 6.00. The highest BCUT2D eigenvalue weighted by atomic mass is 19.3. The van der Waals surface area contributed by atoms with Crippen LogP contribution < -0.4 is 0 Å². The predicted molar refractivity (Wildman–Crippen MR) is 49.7 cm³/mol. The number of hydrogen-bond acceptors (Lipinski definition) is 2. The van der Waals surface area contributed by atoms with Crippen LogP contribution in [-0.2, 0) is 9.53 Å². The molecule has 88 valence electrons. The van der Waals surface area contributed by atoms with Crippen molar-refractivity contribution < 1.29 is 23.4 Å². The van der Waals surface area contributed by atoms with Gasteiger partial charge in [0.25, 0.3) is 0 Å². The van der Waals surface area contributed by atoms with E-state index in [1.807, 2.05) is 0 Å². The molecule has 1 aliphatic rings. The SMILES string of the molecule is O=C(O)CC(OC(F)F)C1CCCCC1. The number of halogens is 2. The molecule has 0 saturated heterocycles. The van der Waals surface area contributed by atoms with E-state index in [1.54, 1.807) is 0 Å². The second-order valence-electron chi connectivity index (χ2n) is 3.93. The third-order valence-corrected chi connectivity index (χ3v) is 2.83. The fraction of sp³-hybridized carbons (Fsp3) is 0.900. The van der Waals surface area contributed by atoms with Gasteiger partial charge in [0.1, 0.15) is 0 Å². The molecule has 1 aliphatic carbocycles. The Balaban J connectivity index is 2.48. The van der Waals surface area contributed by atoms with Gasteiger partial charge in [-0.3, -0.25) is 4.79 Å². The minimum Gasteiger partial charge on any atom is -0.481 e. The number of alkyl halides is 2. The van der Waals surface area contributed by atoms with Crippen molar-refractivity contribution in [3.05, 3.63) is 0 Å². The Morgan fingerprint density at radius 3 is 2.40 bits per heavy atom. The van der Waals surface area contributed by atoms with E-state index in [0.29, 0.717) is 0 Å². The van der Waals surface area contributed by atoms with Crippen molar-refractivity contribution in [3.63, 3.8) is 0 Å². The molecular weight excluding hydrogens is 206 g/mol. The number of carbonyl (C=O) groups is 1. The van der Waals surface area contributed by atoms with E-state index < -0.39 is 18.7 Å². The van der Waals surface area contributed by atoms with E-state index in [9.17, 15) is 13.6 Å². The normalized spacial score (nSPS) is 20.5. The summed E-state index contributed by atoms with van der Waals surface area (Å²) in [5.41, 5.74) is 0. The summed E-state index contributed by atoms with van der Waals surface area (Å²) in [5, 5.41) is 8.60. The summed E-state index contributed by atoms with van der Waals surface area (Å²) in [6.45, 7) is -2.88. The van der Waals surface area contributed by atoms with Crippen molar-refractivity contribution in [2.75, 3.05) is 0 Å². The van der Waals surface area contributed by atoms with Gasteiger partial charge in [0.15, 0.2) is 0 Å². The second-order valence-corrected chi connectivity index (χ2v) is 3.93. The lowest BCUT2D eigenvalue weighted by Crippen LogP contribution is -2.30. The molecule has 0 aromatic heterocycles. The molecular formula is C10H16F2O3. The standard InChI is InChI=1S/C10H16F2O3/c11-10(12)15-8(6-9(13)14)7-4-2-1-3-5-7/h7-8,10H,1-6H2,(H,13,14). The van der Waals surface area contributed by atoms with Crippen LogP contribution in [0.1, 0.15) is 38.5 Å². The number of ether oxygens (including phenoxy) is 1. The molecule has 0 aromatic rings. The predicted octanol–water partition coefficient (Wildman–Crippen LogP) is 2.65. The van der Waals surface area contributed by atoms with Crippen LogP contribution in [0.2, 0.25) is 0 Å². The topological polar surface area (TPSA) is 46.5 Å². The Kier molecular flexibility index (Phi) is 4.94. The van der Waals surface area contributed by atoms with E-state index in [-0.39, 0.29) is 12.3 Å². The Hall–Kier alpha value is -0.710. The van der Waals surface area contributed by atoms with Crippen molar-refractivity contribution >= 4 is 5.97 Å². The van der Waals surface area contributed by atoms with Gasteiger partial charge in [0.05, 0.1) is 12.5 Å². The molecule has 15 heavy (non-hydrogen) atoms. The Bertz CT molecular complexity index is 203. The van der Waals surface area contributed by atoms with E-state index in [1.165, 1.54) is 0 Å². The number of hydrogen-bond donors (Lipinski definition) is 1. The molecule has 0 aromatic carbocycles. The molecule has 0 bridgehead atoms. The van der Waals surface area contributed by atoms with Crippen molar-refractivity contribution in [2.45, 2.75) is 51.2 Å². The van der Waals surface area contributed by atoms with Gasteiger partial charge in [-0.25, -0.2) is 0 Å². The van der Waals surface area contributed by atoms with Gasteiger partial charge >= 0.3 is 12.6 Å². The van der Waals surface area contributed by atoms with E-state index in [0.717, 1.165) is 32.1 Å². The monoisotopic (exact) mass is 222 g/mol. The van der Waals surface area contributed by atoms with Crippen LogP contribution in [0, 0.1) is 5.92 Å². The Labute approximate surface area is 87.4 Å². The van der Waals surface area contributed by atoms with Crippen molar-refractivity contribution in [3.8, 4) is 0 Å². The number of aliphatic carboxylic acids is 1. The maximum absolute atomic E-state index is 12.1. The molecule has 1 saturated carbocycles. The summed E-state index contributed by atoms with van der Waals surface area (Å²) in [5.74, 6) is -1.10. The minimum atomic E-state index is -2.88. The van der Waals surface area contributed by atoms with Gasteiger partial charge in [-0.05, 0) is 18.8 Å². The Morgan fingerprint density at radius 2 is 1.93 bits per heavy atom. The lowest BCUT2D eigenvalue weighted by Gasteiger charge is -2.28. The van der Waals surface area contributed by atoms with E-state index >= 15 is 0 Å². The maximum Gasteiger partial charge on any atom is 0.345 e. The fourth-order valence-corrected chi connectivity index (χ4v) is 2.14. The summed E-state index contributed by atoms with van der Waals surface area (Å²) in [7, 11) is 0. The third kappa shape index (κ3) is 4.55. The quantitative estimate of drug-likeness (QED) is 0.777. The molecule has 1 rings (SSSR count). The lowest BCUT2D eigenvalue weighted by molar-refractivity contribution is -0.185. The molecule has 0 heterocycles. The Morgan fingerprint density at radius 1 is 1.33 bits per heavy atom. The highest BCUT2D eigenvalue weighted by Gasteiger charge is 2.28. The maximum atomic E-state index is 12.1. The van der Waals surface area contributed by atoms with Crippen molar-refractivity contribution in [2.24, 2.45) is 5.92 Å². The molecule has 1 N–H and O–H groups in total. The van der Waals surface area contributed by atoms with Gasteiger partial charge in [-0.1, -0.05) is 19.3 Å². The van der Waals surface area contributed by atoms with Crippen LogP contribution in [0.5, 0.6) is 0 Å². The van der Waals surface area contributed by atoms with Gasteiger partial charge in [-0.15, -0.1) is 0 Å². The van der Waals surface area contributed by atoms with Gasteiger partial charge in [-0.2, -0.15) is 8.78 Å². The van der Waals surface area contributed by atoms with Crippen LogP contribution in [0.25, 0.3) is 0 Å². The molecule has 0 aliphatic heterocycles. The van der Waals surface area contributed by atoms with E-state index in [4.69, 9.17) is 5.11 Å². The van der Waals surface area contributed by atoms with Gasteiger partial charge < -0.3 is 9.84 Å². The first-order chi connectivity index (χ1) is 7.09. The minimum absolute atomic E-state index is 0.0242. The van der Waals surface area contributed by atoms with Crippen LogP contribution in [0.4, 0.5) is 8.78 Å². The molecule has 1 unspecified atom stereocenters. The van der Waals surface area contributed by atoms with Crippen molar-refractivity contribution in [1.82, 2.24) is 0 Å². The van der Waals surface area contributed by atoms with Crippen LogP contribution >= 0.6 is 0 Å². The van der Waals surface area contributed by atoms with Crippen LogP contribution in [0.15, 0.2) is 0 Å². The first-order valence-electron chi connectivity index (χ1n) is 5.25. The van der Waals surface area contributed by atoms with Crippen molar-refractivity contribution in [1.29, 1.82) is 0 Å². The van der Waals surface area contributed by atoms with Gasteiger partial charge in [0, 0.05) is 0 Å². The molecule has 1 fully saturated rings. The lowest BCUT2D eigenvalue weighted by atomic mass is 9.84. The first kappa shape index (κ1) is 12.4. The molecule has 0 radical (unpaired) electrons. The van der Waals surface area contributed by atoms with Crippen LogP contribution in [0.3, 0.4) is 0 Å². The summed E-state index contributed by atoms with van der Waals surface area (Å²) >= 11 is 0. The number of carboxylic acids is 1. The van der Waals surface area contributed by atoms with Gasteiger partial charge in [0.2, 0.25) is 0 Å². The highest BCUT2D eigenvalue weighted by Crippen LogP contribution is 2.30. The zero-order valence-electron chi connectivity index (χ0n) is 8.49. The molecule has 0 amide bonds. The average Bonchev–Trinajstić information content (AvgIpc) is 2.17. The number of rotatable bonds is 5. The third-order valence-electron chi connectivity index (χ3n) is 2.83. The fourth-order valence-electron chi connectivity index (χ4n) is 2.14. The molecule has 3 nitrogen and oxygen atoms in total. The smallest absolute Gasteiger partial charge is 0.345 e. The number of carboxylic acid groups (broad SMARTS) is 1. The summed E-state index contributed by atoms with van der Waals surface area (Å²) < 4.78 is 28.5. The molecule has 5 heteroatoms. The zero-order valence-corrected chi connectivity index (χ0v) is 8.49. The molecule has 0 spiro atoms. The summed E-state index contributed by atoms with van der Waals surface area (Å²) in [6, 6.07) is 0.